The lowest BCUT2D eigenvalue weighted by Gasteiger charge is -2.27. The van der Waals surface area contributed by atoms with Crippen LogP contribution in [0.1, 0.15) is 42.3 Å². The van der Waals surface area contributed by atoms with E-state index in [-0.39, 0.29) is 11.6 Å². The average Bonchev–Trinajstić information content (AvgIpc) is 3.20. The van der Waals surface area contributed by atoms with Crippen molar-refractivity contribution in [3.8, 4) is 0 Å². The molecule has 0 radical (unpaired) electrons. The van der Waals surface area contributed by atoms with Gasteiger partial charge in [-0.3, -0.25) is 9.36 Å². The van der Waals surface area contributed by atoms with Crippen molar-refractivity contribution in [1.29, 1.82) is 0 Å². The van der Waals surface area contributed by atoms with Crippen LogP contribution in [0, 0.1) is 6.92 Å². The fourth-order valence-electron chi connectivity index (χ4n) is 3.89. The Morgan fingerprint density at radius 3 is 2.73 bits per heavy atom. The number of aliphatic hydroxyl groups excluding tert-OH is 1. The molecular formula is C19H24N4O3. The number of β-amino-alcohol motifs (C(OH)–C–C–N with tert-alkyl or cyclic N) is 1. The summed E-state index contributed by atoms with van der Waals surface area (Å²) in [4.78, 5) is 27.5. The van der Waals surface area contributed by atoms with Crippen LogP contribution >= 0.6 is 0 Å². The smallest absolute Gasteiger partial charge is 0.346 e. The highest BCUT2D eigenvalue weighted by Gasteiger charge is 2.35. The first-order valence-electron chi connectivity index (χ1n) is 9.23. The first-order chi connectivity index (χ1) is 12.5. The van der Waals surface area contributed by atoms with Crippen LogP contribution < -0.4 is 5.69 Å². The molecule has 2 aromatic rings. The highest BCUT2D eigenvalue weighted by molar-refractivity contribution is 5.81. The summed E-state index contributed by atoms with van der Waals surface area (Å²) in [7, 11) is 0. The van der Waals surface area contributed by atoms with E-state index in [0.717, 1.165) is 12.0 Å². The van der Waals surface area contributed by atoms with Crippen molar-refractivity contribution in [3.63, 3.8) is 0 Å². The minimum absolute atomic E-state index is 0.0699. The predicted molar refractivity (Wildman–Crippen MR) is 95.9 cm³/mol. The normalized spacial score (nSPS) is 22.5. The molecule has 1 saturated heterocycles. The van der Waals surface area contributed by atoms with Gasteiger partial charge in [-0.25, -0.2) is 9.48 Å². The van der Waals surface area contributed by atoms with E-state index in [0.29, 0.717) is 44.7 Å². The minimum atomic E-state index is -0.497. The molecule has 26 heavy (non-hydrogen) atoms. The molecule has 0 saturated carbocycles. The third-order valence-corrected chi connectivity index (χ3v) is 5.34. The van der Waals surface area contributed by atoms with Gasteiger partial charge < -0.3 is 10.0 Å². The highest BCUT2D eigenvalue weighted by Crippen LogP contribution is 2.25. The van der Waals surface area contributed by atoms with Gasteiger partial charge in [0.25, 0.3) is 0 Å². The van der Waals surface area contributed by atoms with Gasteiger partial charge in [0.1, 0.15) is 11.9 Å². The lowest BCUT2D eigenvalue weighted by atomic mass is 10.0. The molecule has 1 aromatic heterocycles. The van der Waals surface area contributed by atoms with Crippen LogP contribution in [0.15, 0.2) is 29.1 Å². The Kier molecular flexibility index (Phi) is 4.40. The number of carbonyl (C=O) groups excluding carboxylic acids is 1. The molecule has 0 spiro atoms. The molecule has 4 rings (SSSR count). The number of carbonyl (C=O) groups is 1. The molecule has 1 aromatic carbocycles. The summed E-state index contributed by atoms with van der Waals surface area (Å²) in [6.07, 6.45) is 2.35. The Bertz CT molecular complexity index is 868. The maximum Gasteiger partial charge on any atom is 0.346 e. The number of aryl methyl sites for hydroxylation is 2. The van der Waals surface area contributed by atoms with E-state index >= 15 is 0 Å². The fraction of sp³-hybridized carbons (Fsp3) is 0.526. The Morgan fingerprint density at radius 2 is 2.04 bits per heavy atom. The Balaban J connectivity index is 1.62. The van der Waals surface area contributed by atoms with E-state index in [1.54, 1.807) is 9.47 Å². The lowest BCUT2D eigenvalue weighted by Crippen LogP contribution is -2.42. The number of nitrogens with zero attached hydrogens (tertiary/aromatic N) is 4. The molecule has 7 nitrogen and oxygen atoms in total. The summed E-state index contributed by atoms with van der Waals surface area (Å²) in [5, 5.41) is 14.2. The summed E-state index contributed by atoms with van der Waals surface area (Å²) in [5.74, 6) is 0.617. The van der Waals surface area contributed by atoms with Gasteiger partial charge in [0.2, 0.25) is 5.91 Å². The molecule has 1 unspecified atom stereocenters. The second-order valence-electron chi connectivity index (χ2n) is 7.35. The largest absolute Gasteiger partial charge is 0.391 e. The molecule has 2 aliphatic rings. The Labute approximate surface area is 151 Å². The number of hydrogen-bond acceptors (Lipinski definition) is 4. The van der Waals surface area contributed by atoms with E-state index in [9.17, 15) is 14.7 Å². The highest BCUT2D eigenvalue weighted by atomic mass is 16.3. The second kappa shape index (κ2) is 6.72. The van der Waals surface area contributed by atoms with Crippen molar-refractivity contribution in [2.24, 2.45) is 0 Å². The van der Waals surface area contributed by atoms with E-state index in [2.05, 4.69) is 5.10 Å². The SMILES string of the molecule is Cc1ccc(Cn2nc3n(c2=O)C(C(=O)N2CC[C@H](O)C2)CCC3)cc1. The molecule has 3 heterocycles. The van der Waals surface area contributed by atoms with Crippen molar-refractivity contribution in [1.82, 2.24) is 19.2 Å². The number of aliphatic hydroxyl groups is 1. The minimum Gasteiger partial charge on any atom is -0.391 e. The van der Waals surface area contributed by atoms with E-state index < -0.39 is 12.1 Å². The van der Waals surface area contributed by atoms with E-state index in [1.807, 2.05) is 31.2 Å². The predicted octanol–water partition coefficient (Wildman–Crippen LogP) is 0.872. The number of aromatic nitrogens is 3. The summed E-state index contributed by atoms with van der Waals surface area (Å²) in [5.41, 5.74) is 1.96. The zero-order valence-electron chi connectivity index (χ0n) is 15.0. The number of rotatable bonds is 3. The average molecular weight is 356 g/mol. The van der Waals surface area contributed by atoms with Crippen LogP contribution in [0.2, 0.25) is 0 Å². The van der Waals surface area contributed by atoms with Gasteiger partial charge in [-0.15, -0.1) is 0 Å². The van der Waals surface area contributed by atoms with Crippen LogP contribution in [-0.2, 0) is 17.8 Å². The van der Waals surface area contributed by atoms with Crippen LogP contribution in [0.5, 0.6) is 0 Å². The molecule has 1 N–H and O–H groups in total. The fourth-order valence-corrected chi connectivity index (χ4v) is 3.89. The molecule has 1 fully saturated rings. The zero-order valence-corrected chi connectivity index (χ0v) is 15.0. The zero-order chi connectivity index (χ0) is 18.3. The maximum absolute atomic E-state index is 12.9. The summed E-state index contributed by atoms with van der Waals surface area (Å²) < 4.78 is 3.04. The summed E-state index contributed by atoms with van der Waals surface area (Å²) in [6.45, 7) is 3.34. The second-order valence-corrected chi connectivity index (χ2v) is 7.35. The maximum atomic E-state index is 12.9. The van der Waals surface area contributed by atoms with E-state index in [4.69, 9.17) is 0 Å². The monoisotopic (exact) mass is 356 g/mol. The van der Waals surface area contributed by atoms with Crippen molar-refractivity contribution in [3.05, 3.63) is 51.7 Å². The van der Waals surface area contributed by atoms with Gasteiger partial charge in [-0.05, 0) is 31.7 Å². The number of fused-ring (bicyclic) bond motifs is 1. The van der Waals surface area contributed by atoms with Crippen LogP contribution in [0.3, 0.4) is 0 Å². The van der Waals surface area contributed by atoms with Crippen LogP contribution in [-0.4, -0.2) is 49.5 Å². The first kappa shape index (κ1) is 17.0. The quantitative estimate of drug-likeness (QED) is 0.885. The van der Waals surface area contributed by atoms with E-state index in [1.165, 1.54) is 10.2 Å². The van der Waals surface area contributed by atoms with Crippen LogP contribution in [0.25, 0.3) is 0 Å². The molecule has 0 bridgehead atoms. The van der Waals surface area contributed by atoms with Crippen molar-refractivity contribution >= 4 is 5.91 Å². The van der Waals surface area contributed by atoms with Gasteiger partial charge >= 0.3 is 5.69 Å². The van der Waals surface area contributed by atoms with Crippen molar-refractivity contribution in [2.45, 2.75) is 51.3 Å². The molecule has 1 amide bonds. The first-order valence-corrected chi connectivity index (χ1v) is 9.23. The molecule has 2 aliphatic heterocycles. The standard InChI is InChI=1S/C19H24N4O3/c1-13-5-7-14(8-6-13)11-22-19(26)23-16(3-2-4-17(23)20-22)18(25)21-10-9-15(24)12-21/h5-8,15-16,24H,2-4,9-12H2,1H3/t15-,16?/m0/s1. The summed E-state index contributed by atoms with van der Waals surface area (Å²) >= 11 is 0. The van der Waals surface area contributed by atoms with Gasteiger partial charge in [-0.2, -0.15) is 5.10 Å². The molecule has 0 aliphatic carbocycles. The lowest BCUT2D eigenvalue weighted by molar-refractivity contribution is -0.134. The third kappa shape index (κ3) is 3.07. The number of benzene rings is 1. The molecule has 2 atom stereocenters. The topological polar surface area (TPSA) is 80.4 Å². The Morgan fingerprint density at radius 1 is 1.27 bits per heavy atom. The number of hydrogen-bond donors (Lipinski definition) is 1. The molecule has 7 heteroatoms. The molecule has 138 valence electrons. The van der Waals surface area contributed by atoms with Crippen molar-refractivity contribution < 1.29 is 9.90 Å². The number of likely N-dealkylation sites (tertiary alicyclic amines) is 1. The van der Waals surface area contributed by atoms with Gasteiger partial charge in [0.15, 0.2) is 0 Å². The molecular weight excluding hydrogens is 332 g/mol. The van der Waals surface area contributed by atoms with Crippen LogP contribution in [0.4, 0.5) is 0 Å². The Hall–Kier alpha value is -2.41. The summed E-state index contributed by atoms with van der Waals surface area (Å²) in [6, 6.07) is 7.52. The number of amides is 1. The van der Waals surface area contributed by atoms with Gasteiger partial charge in [-0.1, -0.05) is 29.8 Å². The van der Waals surface area contributed by atoms with Crippen molar-refractivity contribution in [2.75, 3.05) is 13.1 Å². The van der Waals surface area contributed by atoms with Gasteiger partial charge in [0.05, 0.1) is 12.6 Å². The third-order valence-electron chi connectivity index (χ3n) is 5.34. The van der Waals surface area contributed by atoms with Gasteiger partial charge in [0, 0.05) is 19.5 Å².